The van der Waals surface area contributed by atoms with E-state index in [1.807, 2.05) is 23.1 Å². The Balaban J connectivity index is 2.26. The number of hydrazine groups is 1. The van der Waals surface area contributed by atoms with Gasteiger partial charge < -0.3 is 8.98 Å². The van der Waals surface area contributed by atoms with Gasteiger partial charge in [0.2, 0.25) is 0 Å². The van der Waals surface area contributed by atoms with Crippen molar-refractivity contribution in [2.24, 2.45) is 5.84 Å². The summed E-state index contributed by atoms with van der Waals surface area (Å²) in [4.78, 5) is 15.5. The first-order valence-electron chi connectivity index (χ1n) is 4.77. The topological polar surface area (TPSA) is 86.1 Å². The Morgan fingerprint density at radius 3 is 3.12 bits per heavy atom. The van der Waals surface area contributed by atoms with Crippen LogP contribution in [0.4, 0.5) is 0 Å². The molecule has 0 aliphatic carbocycles. The minimum absolute atomic E-state index is 0.232. The molecule has 84 valence electrons. The van der Waals surface area contributed by atoms with Crippen LogP contribution >= 0.6 is 0 Å². The van der Waals surface area contributed by atoms with E-state index in [0.717, 1.165) is 11.4 Å². The third-order valence-corrected chi connectivity index (χ3v) is 2.35. The zero-order chi connectivity index (χ0) is 11.5. The molecule has 0 spiro atoms. The number of nitrogen functional groups attached to an aromatic ring is 1. The second-order valence-electron chi connectivity index (χ2n) is 3.35. The molecule has 0 aliphatic rings. The van der Waals surface area contributed by atoms with E-state index in [2.05, 4.69) is 4.98 Å². The molecule has 0 bridgehead atoms. The highest BCUT2D eigenvalue weighted by molar-refractivity contribution is 5.92. The van der Waals surface area contributed by atoms with E-state index in [9.17, 15) is 4.79 Å². The van der Waals surface area contributed by atoms with Crippen molar-refractivity contribution in [3.8, 4) is 0 Å². The average molecular weight is 220 g/mol. The van der Waals surface area contributed by atoms with Gasteiger partial charge in [-0.2, -0.15) is 0 Å². The van der Waals surface area contributed by atoms with Gasteiger partial charge in [0.05, 0.1) is 12.8 Å². The molecule has 2 heterocycles. The van der Waals surface area contributed by atoms with Crippen molar-refractivity contribution in [1.29, 1.82) is 0 Å². The van der Waals surface area contributed by atoms with Crippen molar-refractivity contribution in [2.45, 2.75) is 13.5 Å². The fourth-order valence-corrected chi connectivity index (χ4v) is 1.48. The minimum Gasteiger partial charge on any atom is -0.459 e. The molecule has 16 heavy (non-hydrogen) atoms. The third-order valence-electron chi connectivity index (χ3n) is 2.35. The highest BCUT2D eigenvalue weighted by Gasteiger charge is 2.14. The van der Waals surface area contributed by atoms with Crippen molar-refractivity contribution < 1.29 is 9.21 Å². The third kappa shape index (κ3) is 1.82. The van der Waals surface area contributed by atoms with Crippen LogP contribution < -0.4 is 11.3 Å². The van der Waals surface area contributed by atoms with Crippen LogP contribution in [-0.4, -0.2) is 15.5 Å². The van der Waals surface area contributed by atoms with Crippen LogP contribution in [0.25, 0.3) is 0 Å². The number of imidazole rings is 1. The molecule has 0 saturated heterocycles. The molecule has 1 amide bonds. The maximum atomic E-state index is 11.4. The number of hydrogen-bond donors (Lipinski definition) is 2. The maximum Gasteiger partial charge on any atom is 0.301 e. The lowest BCUT2D eigenvalue weighted by molar-refractivity contribution is 0.0924. The Bertz CT molecular complexity index is 500. The molecular formula is C10H12N4O2. The molecular weight excluding hydrogens is 208 g/mol. The second kappa shape index (κ2) is 4.19. The predicted molar refractivity (Wildman–Crippen MR) is 56.4 cm³/mol. The zero-order valence-corrected chi connectivity index (χ0v) is 8.80. The number of nitrogens with one attached hydrogen (secondary N) is 1. The number of hydrogen-bond acceptors (Lipinski definition) is 4. The largest absolute Gasteiger partial charge is 0.459 e. The highest BCUT2D eigenvalue weighted by Crippen LogP contribution is 2.12. The van der Waals surface area contributed by atoms with Crippen molar-refractivity contribution in [1.82, 2.24) is 15.0 Å². The monoisotopic (exact) mass is 220 g/mol. The average Bonchev–Trinajstić information content (AvgIpc) is 2.88. The fraction of sp³-hybridized carbons (Fsp3) is 0.200. The van der Waals surface area contributed by atoms with Gasteiger partial charge in [0, 0.05) is 18.0 Å². The van der Waals surface area contributed by atoms with Crippen LogP contribution in [-0.2, 0) is 6.54 Å². The standard InChI is InChI=1S/C10H12N4O2/c1-7-12-3-4-14(7)6-8-2-5-16-9(8)10(15)13-11/h2-5H,6,11H2,1H3,(H,13,15). The smallest absolute Gasteiger partial charge is 0.301 e. The van der Waals surface area contributed by atoms with Crippen LogP contribution in [0.5, 0.6) is 0 Å². The van der Waals surface area contributed by atoms with E-state index in [1.165, 1.54) is 6.26 Å². The SMILES string of the molecule is Cc1nccn1Cc1ccoc1C(=O)NN. The number of furan rings is 1. The number of nitrogens with two attached hydrogens (primary N) is 1. The predicted octanol–water partition coefficient (Wildman–Crippen LogP) is 0.436. The molecule has 0 aliphatic heterocycles. The number of rotatable bonds is 3. The molecule has 0 radical (unpaired) electrons. The van der Waals surface area contributed by atoms with Gasteiger partial charge in [0.25, 0.3) is 0 Å². The van der Waals surface area contributed by atoms with Crippen molar-refractivity contribution in [3.05, 3.63) is 41.9 Å². The molecule has 2 rings (SSSR count). The van der Waals surface area contributed by atoms with Gasteiger partial charge in [-0.15, -0.1) is 0 Å². The number of carbonyl (C=O) groups excluding carboxylic acids is 1. The first kappa shape index (κ1) is 10.4. The lowest BCUT2D eigenvalue weighted by Gasteiger charge is -2.04. The lowest BCUT2D eigenvalue weighted by atomic mass is 10.2. The van der Waals surface area contributed by atoms with Crippen LogP contribution in [0.2, 0.25) is 0 Å². The Morgan fingerprint density at radius 1 is 1.69 bits per heavy atom. The molecule has 0 fully saturated rings. The second-order valence-corrected chi connectivity index (χ2v) is 3.35. The van der Waals surface area contributed by atoms with E-state index in [4.69, 9.17) is 10.3 Å². The summed E-state index contributed by atoms with van der Waals surface area (Å²) in [7, 11) is 0. The normalized spacial score (nSPS) is 10.4. The Hall–Kier alpha value is -2.08. The summed E-state index contributed by atoms with van der Waals surface area (Å²) in [5.41, 5.74) is 2.81. The van der Waals surface area contributed by atoms with E-state index >= 15 is 0 Å². The summed E-state index contributed by atoms with van der Waals surface area (Å²) in [5, 5.41) is 0. The van der Waals surface area contributed by atoms with E-state index < -0.39 is 5.91 Å². The first-order chi connectivity index (χ1) is 7.72. The summed E-state index contributed by atoms with van der Waals surface area (Å²) in [6.45, 7) is 2.42. The number of aryl methyl sites for hydroxylation is 1. The lowest BCUT2D eigenvalue weighted by Crippen LogP contribution is -2.30. The van der Waals surface area contributed by atoms with E-state index in [1.54, 1.807) is 12.3 Å². The van der Waals surface area contributed by atoms with Crippen LogP contribution in [0.1, 0.15) is 21.9 Å². The summed E-state index contributed by atoms with van der Waals surface area (Å²) < 4.78 is 7.00. The van der Waals surface area contributed by atoms with Crippen molar-refractivity contribution in [3.63, 3.8) is 0 Å². The molecule has 6 nitrogen and oxygen atoms in total. The zero-order valence-electron chi connectivity index (χ0n) is 8.80. The van der Waals surface area contributed by atoms with Gasteiger partial charge in [-0.3, -0.25) is 10.2 Å². The summed E-state index contributed by atoms with van der Waals surface area (Å²) in [6.07, 6.45) is 5.01. The van der Waals surface area contributed by atoms with E-state index in [0.29, 0.717) is 6.54 Å². The van der Waals surface area contributed by atoms with Crippen molar-refractivity contribution in [2.75, 3.05) is 0 Å². The van der Waals surface area contributed by atoms with Crippen LogP contribution in [0.15, 0.2) is 29.1 Å². The molecule has 0 saturated carbocycles. The van der Waals surface area contributed by atoms with Crippen LogP contribution in [0.3, 0.4) is 0 Å². The molecule has 0 atom stereocenters. The van der Waals surface area contributed by atoms with Gasteiger partial charge in [0.15, 0.2) is 5.76 Å². The summed E-state index contributed by atoms with van der Waals surface area (Å²) in [6, 6.07) is 1.74. The Morgan fingerprint density at radius 2 is 2.50 bits per heavy atom. The molecule has 0 aromatic carbocycles. The van der Waals surface area contributed by atoms with E-state index in [-0.39, 0.29) is 5.76 Å². The minimum atomic E-state index is -0.433. The quantitative estimate of drug-likeness (QED) is 0.446. The number of nitrogens with zero attached hydrogens (tertiary/aromatic N) is 2. The Kier molecular flexibility index (Phi) is 2.74. The van der Waals surface area contributed by atoms with Gasteiger partial charge in [-0.25, -0.2) is 10.8 Å². The van der Waals surface area contributed by atoms with Gasteiger partial charge >= 0.3 is 5.91 Å². The number of aromatic nitrogens is 2. The first-order valence-corrected chi connectivity index (χ1v) is 4.77. The Labute approximate surface area is 92.0 Å². The van der Waals surface area contributed by atoms with Crippen molar-refractivity contribution >= 4 is 5.91 Å². The van der Waals surface area contributed by atoms with Crippen LogP contribution in [0, 0.1) is 6.92 Å². The van der Waals surface area contributed by atoms with Gasteiger partial charge in [-0.05, 0) is 13.0 Å². The number of carbonyl (C=O) groups is 1. The highest BCUT2D eigenvalue weighted by atomic mass is 16.3. The molecule has 0 unspecified atom stereocenters. The molecule has 2 aromatic heterocycles. The summed E-state index contributed by atoms with van der Waals surface area (Å²) >= 11 is 0. The molecule has 2 aromatic rings. The molecule has 3 N–H and O–H groups in total. The number of amides is 1. The van der Waals surface area contributed by atoms with Gasteiger partial charge in [0.1, 0.15) is 5.82 Å². The molecule has 6 heteroatoms. The summed E-state index contributed by atoms with van der Waals surface area (Å²) in [5.74, 6) is 5.73. The van der Waals surface area contributed by atoms with Gasteiger partial charge in [-0.1, -0.05) is 0 Å². The maximum absolute atomic E-state index is 11.4. The fourth-order valence-electron chi connectivity index (χ4n) is 1.48.